The number of aryl methyl sites for hydroxylation is 2. The van der Waals surface area contributed by atoms with Crippen molar-refractivity contribution in [2.75, 3.05) is 31.1 Å². The summed E-state index contributed by atoms with van der Waals surface area (Å²) in [5.41, 5.74) is 3.61. The summed E-state index contributed by atoms with van der Waals surface area (Å²) < 4.78 is 2.70. The van der Waals surface area contributed by atoms with E-state index in [9.17, 15) is 9.59 Å². The highest BCUT2D eigenvalue weighted by atomic mass is 32.2. The molecule has 1 aliphatic heterocycles. The molecule has 4 aromatic rings. The molecule has 2 aromatic carbocycles. The molecular weight excluding hydrogens is 448 g/mol. The Balaban J connectivity index is 1.31. The lowest BCUT2D eigenvalue weighted by molar-refractivity contribution is -0.132. The molecular formula is C25H26N6O2S. The fraction of sp³-hybridized carbons (Fsp3) is 0.280. The zero-order chi connectivity index (χ0) is 23.7. The highest BCUT2D eigenvalue weighted by Crippen LogP contribution is 2.31. The Morgan fingerprint density at radius 3 is 2.53 bits per heavy atom. The Bertz CT molecular complexity index is 1390. The minimum absolute atomic E-state index is 0.0838. The number of nitrogens with zero attached hydrogens (tertiary/aromatic N) is 6. The quantitative estimate of drug-likeness (QED) is 0.443. The van der Waals surface area contributed by atoms with E-state index in [0.29, 0.717) is 23.8 Å². The molecule has 0 saturated carbocycles. The van der Waals surface area contributed by atoms with Crippen LogP contribution >= 0.6 is 11.8 Å². The van der Waals surface area contributed by atoms with Crippen LogP contribution in [-0.2, 0) is 11.3 Å². The van der Waals surface area contributed by atoms with Gasteiger partial charge in [0.15, 0.2) is 5.65 Å². The van der Waals surface area contributed by atoms with E-state index in [-0.39, 0.29) is 18.1 Å². The first kappa shape index (κ1) is 22.2. The first-order chi connectivity index (χ1) is 16.5. The van der Waals surface area contributed by atoms with Crippen molar-refractivity contribution < 1.29 is 4.79 Å². The molecule has 0 unspecified atom stereocenters. The highest BCUT2D eigenvalue weighted by Gasteiger charge is 2.23. The summed E-state index contributed by atoms with van der Waals surface area (Å²) in [6.07, 6.45) is 3.19. The van der Waals surface area contributed by atoms with E-state index in [1.165, 1.54) is 26.4 Å². The van der Waals surface area contributed by atoms with E-state index < -0.39 is 0 Å². The number of fused-ring (bicyclic) bond motifs is 1. The van der Waals surface area contributed by atoms with Gasteiger partial charge in [-0.2, -0.15) is 0 Å². The van der Waals surface area contributed by atoms with Gasteiger partial charge in [0.2, 0.25) is 5.91 Å². The average molecular weight is 475 g/mol. The maximum absolute atomic E-state index is 13.0. The lowest BCUT2D eigenvalue weighted by Crippen LogP contribution is -2.50. The van der Waals surface area contributed by atoms with Crippen LogP contribution < -0.4 is 10.6 Å². The first-order valence-corrected chi connectivity index (χ1v) is 12.1. The monoisotopic (exact) mass is 474 g/mol. The van der Waals surface area contributed by atoms with Crippen molar-refractivity contribution in [1.82, 2.24) is 24.1 Å². The van der Waals surface area contributed by atoms with Crippen molar-refractivity contribution in [3.63, 3.8) is 0 Å². The molecule has 0 spiro atoms. The van der Waals surface area contributed by atoms with Gasteiger partial charge in [0, 0.05) is 49.2 Å². The van der Waals surface area contributed by atoms with Gasteiger partial charge in [0.25, 0.3) is 0 Å². The molecule has 34 heavy (non-hydrogen) atoms. The Kier molecular flexibility index (Phi) is 6.10. The van der Waals surface area contributed by atoms with E-state index in [2.05, 4.69) is 53.1 Å². The van der Waals surface area contributed by atoms with Crippen LogP contribution in [0.25, 0.3) is 5.65 Å². The zero-order valence-electron chi connectivity index (χ0n) is 19.2. The first-order valence-electron chi connectivity index (χ1n) is 11.3. The van der Waals surface area contributed by atoms with Crippen LogP contribution in [0.4, 0.5) is 5.69 Å². The molecule has 9 heteroatoms. The SMILES string of the molecule is Cc1ccc(Sc2nccn3c(=O)n(CC(=O)N4CCN(c5ccccc5)CC4)nc23)c(C)c1. The number of piperazine rings is 1. The fourth-order valence-corrected chi connectivity index (χ4v) is 5.11. The van der Waals surface area contributed by atoms with Crippen LogP contribution in [0.3, 0.4) is 0 Å². The minimum Gasteiger partial charge on any atom is -0.368 e. The van der Waals surface area contributed by atoms with Crippen LogP contribution in [0.1, 0.15) is 11.1 Å². The molecule has 0 aliphatic carbocycles. The molecule has 0 radical (unpaired) electrons. The van der Waals surface area contributed by atoms with Crippen LogP contribution in [-0.4, -0.2) is 56.2 Å². The zero-order valence-corrected chi connectivity index (χ0v) is 20.0. The molecule has 3 heterocycles. The van der Waals surface area contributed by atoms with E-state index in [4.69, 9.17) is 0 Å². The molecule has 0 N–H and O–H groups in total. The second-order valence-corrected chi connectivity index (χ2v) is 9.47. The summed E-state index contributed by atoms with van der Waals surface area (Å²) >= 11 is 1.47. The molecule has 174 valence electrons. The van der Waals surface area contributed by atoms with Gasteiger partial charge in [0.05, 0.1) is 0 Å². The number of anilines is 1. The molecule has 2 aromatic heterocycles. The summed E-state index contributed by atoms with van der Waals surface area (Å²) in [5.74, 6) is -0.102. The third-order valence-electron chi connectivity index (χ3n) is 6.05. The third kappa shape index (κ3) is 4.43. The van der Waals surface area contributed by atoms with Gasteiger partial charge in [0.1, 0.15) is 11.6 Å². The molecule has 8 nitrogen and oxygen atoms in total. The summed E-state index contributed by atoms with van der Waals surface area (Å²) in [4.78, 5) is 35.5. The van der Waals surface area contributed by atoms with Crippen molar-refractivity contribution in [2.45, 2.75) is 30.3 Å². The van der Waals surface area contributed by atoms with Crippen molar-refractivity contribution in [1.29, 1.82) is 0 Å². The standard InChI is InChI=1S/C25H26N6O2S/c1-18-8-9-21(19(2)16-18)34-24-23-27-31(25(33)30(23)11-10-26-24)17-22(32)29-14-12-28(13-15-29)20-6-4-3-5-7-20/h3-11,16H,12-15,17H2,1-2H3. The summed E-state index contributed by atoms with van der Waals surface area (Å²) in [7, 11) is 0. The molecule has 1 saturated heterocycles. The second-order valence-electron chi connectivity index (χ2n) is 8.44. The van der Waals surface area contributed by atoms with Gasteiger partial charge >= 0.3 is 5.69 Å². The maximum atomic E-state index is 13.0. The molecule has 1 aliphatic rings. The predicted molar refractivity (Wildman–Crippen MR) is 133 cm³/mol. The van der Waals surface area contributed by atoms with E-state index >= 15 is 0 Å². The van der Waals surface area contributed by atoms with E-state index in [0.717, 1.165) is 29.2 Å². The third-order valence-corrected chi connectivity index (χ3v) is 7.20. The van der Waals surface area contributed by atoms with Crippen LogP contribution in [0.2, 0.25) is 0 Å². The number of benzene rings is 2. The number of rotatable bonds is 5. The summed E-state index contributed by atoms with van der Waals surface area (Å²) in [6, 6.07) is 16.4. The Morgan fingerprint density at radius 1 is 1.03 bits per heavy atom. The number of carbonyl (C=O) groups excluding carboxylic acids is 1. The topological polar surface area (TPSA) is 75.7 Å². The fourth-order valence-electron chi connectivity index (χ4n) is 4.20. The smallest absolute Gasteiger partial charge is 0.350 e. The number of amides is 1. The van der Waals surface area contributed by atoms with Gasteiger partial charge < -0.3 is 9.80 Å². The van der Waals surface area contributed by atoms with Gasteiger partial charge in [-0.25, -0.2) is 18.9 Å². The Morgan fingerprint density at radius 2 is 1.79 bits per heavy atom. The van der Waals surface area contributed by atoms with Gasteiger partial charge in [-0.3, -0.25) is 4.79 Å². The largest absolute Gasteiger partial charge is 0.368 e. The predicted octanol–water partition coefficient (Wildman–Crippen LogP) is 3.01. The summed E-state index contributed by atoms with van der Waals surface area (Å²) in [5, 5.41) is 5.11. The minimum atomic E-state index is -0.337. The van der Waals surface area contributed by atoms with Crippen molar-refractivity contribution in [3.05, 3.63) is 82.5 Å². The highest BCUT2D eigenvalue weighted by molar-refractivity contribution is 7.99. The average Bonchev–Trinajstić information content (AvgIpc) is 3.17. The molecule has 5 rings (SSSR count). The number of hydrogen-bond acceptors (Lipinski definition) is 6. The van der Waals surface area contributed by atoms with Crippen LogP contribution in [0, 0.1) is 13.8 Å². The summed E-state index contributed by atoms with van der Waals surface area (Å²) in [6.45, 7) is 6.78. The second kappa shape index (κ2) is 9.34. The number of aromatic nitrogens is 4. The number of hydrogen-bond donors (Lipinski definition) is 0. The molecule has 1 fully saturated rings. The van der Waals surface area contributed by atoms with Crippen LogP contribution in [0.5, 0.6) is 0 Å². The van der Waals surface area contributed by atoms with E-state index in [1.807, 2.05) is 24.3 Å². The molecule has 0 atom stereocenters. The molecule has 1 amide bonds. The number of para-hydroxylation sites is 1. The van der Waals surface area contributed by atoms with Gasteiger partial charge in [-0.05, 0) is 37.6 Å². The van der Waals surface area contributed by atoms with Gasteiger partial charge in [-0.15, -0.1) is 5.10 Å². The maximum Gasteiger partial charge on any atom is 0.350 e. The van der Waals surface area contributed by atoms with Crippen molar-refractivity contribution in [2.24, 2.45) is 0 Å². The molecule has 0 bridgehead atoms. The number of carbonyl (C=O) groups is 1. The lowest BCUT2D eigenvalue weighted by Gasteiger charge is -2.36. The van der Waals surface area contributed by atoms with Crippen molar-refractivity contribution in [3.8, 4) is 0 Å². The van der Waals surface area contributed by atoms with Crippen molar-refractivity contribution >= 4 is 29.0 Å². The van der Waals surface area contributed by atoms with Gasteiger partial charge in [-0.1, -0.05) is 47.7 Å². The van der Waals surface area contributed by atoms with E-state index in [1.54, 1.807) is 17.3 Å². The van der Waals surface area contributed by atoms with Crippen LogP contribution in [0.15, 0.2) is 75.6 Å². The normalized spacial score (nSPS) is 14.1. The Labute approximate surface area is 201 Å². The lowest BCUT2D eigenvalue weighted by atomic mass is 10.2. The Hall–Kier alpha value is -3.59.